The Hall–Kier alpha value is -4.38. The quantitative estimate of drug-likeness (QED) is 0.270. The number of imide groups is 1. The SMILES string of the molecule is CC(C)(C)OC(=O)c1c(N)sc2c1CC(CN1C(=O)c3cccc(OCc4ccccc4)c3C1=O)N(C(=O)OC(C)(C)C)C2. The van der Waals surface area contributed by atoms with Gasteiger partial charge in [0.25, 0.3) is 11.8 Å². The number of nitrogens with two attached hydrogens (primary N) is 1. The lowest BCUT2D eigenvalue weighted by molar-refractivity contribution is 0.00602. The van der Waals surface area contributed by atoms with Crippen LogP contribution in [0.15, 0.2) is 48.5 Å². The van der Waals surface area contributed by atoms with Crippen LogP contribution in [0.25, 0.3) is 0 Å². The lowest BCUT2D eigenvalue weighted by atomic mass is 9.96. The van der Waals surface area contributed by atoms with E-state index in [0.29, 0.717) is 11.3 Å². The number of fused-ring (bicyclic) bond motifs is 2. The summed E-state index contributed by atoms with van der Waals surface area (Å²) < 4.78 is 17.3. The number of rotatable bonds is 6. The Labute approximate surface area is 260 Å². The molecule has 0 spiro atoms. The number of anilines is 1. The van der Waals surface area contributed by atoms with E-state index in [1.54, 1.807) is 59.7 Å². The average Bonchev–Trinajstić information content (AvgIpc) is 3.38. The lowest BCUT2D eigenvalue weighted by Crippen LogP contribution is -2.52. The molecule has 3 aromatic rings. The largest absolute Gasteiger partial charge is 0.488 e. The Kier molecular flexibility index (Phi) is 8.19. The first-order valence-corrected chi connectivity index (χ1v) is 15.2. The van der Waals surface area contributed by atoms with E-state index in [1.165, 1.54) is 16.2 Å². The summed E-state index contributed by atoms with van der Waals surface area (Å²) in [7, 11) is 0. The van der Waals surface area contributed by atoms with Gasteiger partial charge in [0.1, 0.15) is 28.6 Å². The molecule has 0 saturated carbocycles. The molecule has 0 radical (unpaired) electrons. The molecule has 3 heterocycles. The molecule has 44 heavy (non-hydrogen) atoms. The van der Waals surface area contributed by atoms with E-state index < -0.39 is 41.1 Å². The van der Waals surface area contributed by atoms with Crippen LogP contribution in [0.5, 0.6) is 5.75 Å². The van der Waals surface area contributed by atoms with Gasteiger partial charge in [0.05, 0.1) is 35.8 Å². The fourth-order valence-corrected chi connectivity index (χ4v) is 6.38. The number of hydrogen-bond donors (Lipinski definition) is 1. The van der Waals surface area contributed by atoms with Gasteiger partial charge >= 0.3 is 12.1 Å². The Bertz CT molecular complexity index is 1620. The molecule has 0 bridgehead atoms. The molecular weight excluding hydrogens is 582 g/mol. The van der Waals surface area contributed by atoms with Gasteiger partial charge in [0.15, 0.2) is 0 Å². The van der Waals surface area contributed by atoms with E-state index in [1.807, 2.05) is 30.3 Å². The second-order valence-electron chi connectivity index (χ2n) is 12.9. The van der Waals surface area contributed by atoms with E-state index in [0.717, 1.165) is 15.3 Å². The zero-order valence-corrected chi connectivity index (χ0v) is 26.6. The van der Waals surface area contributed by atoms with E-state index in [2.05, 4.69) is 0 Å². The maximum absolute atomic E-state index is 13.8. The predicted molar refractivity (Wildman–Crippen MR) is 166 cm³/mol. The highest BCUT2D eigenvalue weighted by molar-refractivity contribution is 7.16. The minimum Gasteiger partial charge on any atom is -0.488 e. The number of nitrogen functional groups attached to an aromatic ring is 1. The number of amides is 3. The van der Waals surface area contributed by atoms with Crippen LogP contribution < -0.4 is 10.5 Å². The van der Waals surface area contributed by atoms with Gasteiger partial charge in [-0.05, 0) is 71.2 Å². The Morgan fingerprint density at radius 1 is 0.932 bits per heavy atom. The van der Waals surface area contributed by atoms with Crippen LogP contribution in [0.1, 0.15) is 88.6 Å². The van der Waals surface area contributed by atoms with Crippen LogP contribution in [-0.2, 0) is 29.0 Å². The molecule has 1 aromatic heterocycles. The molecular formula is C33H37N3O7S. The van der Waals surface area contributed by atoms with E-state index >= 15 is 0 Å². The van der Waals surface area contributed by atoms with Crippen molar-refractivity contribution in [3.8, 4) is 5.75 Å². The van der Waals surface area contributed by atoms with Gasteiger partial charge in [-0.2, -0.15) is 0 Å². The van der Waals surface area contributed by atoms with Gasteiger partial charge in [0, 0.05) is 4.88 Å². The highest BCUT2D eigenvalue weighted by atomic mass is 32.1. The van der Waals surface area contributed by atoms with Crippen molar-refractivity contribution in [3.05, 3.63) is 81.2 Å². The molecule has 232 valence electrons. The zero-order valence-electron chi connectivity index (χ0n) is 25.8. The Morgan fingerprint density at radius 2 is 1.61 bits per heavy atom. The van der Waals surface area contributed by atoms with Crippen molar-refractivity contribution in [2.24, 2.45) is 0 Å². The first-order chi connectivity index (χ1) is 20.6. The van der Waals surface area contributed by atoms with Crippen LogP contribution in [0.3, 0.4) is 0 Å². The summed E-state index contributed by atoms with van der Waals surface area (Å²) in [4.78, 5) is 57.4. The predicted octanol–water partition coefficient (Wildman–Crippen LogP) is 5.82. The molecule has 3 amide bonds. The summed E-state index contributed by atoms with van der Waals surface area (Å²) in [5, 5.41) is 0.287. The second kappa shape index (κ2) is 11.6. The third-order valence-corrected chi connectivity index (χ3v) is 8.18. The standard InChI is InChI=1S/C33H37N3O7S/c1-32(2,3)42-30(39)26-22-15-20(35(17-24(22)44-27(26)34)31(40)43-33(4,5)6)16-36-28(37)21-13-10-14-23(25(21)29(36)38)41-18-19-11-8-7-9-12-19/h7-14,20H,15-18,34H2,1-6H3. The molecule has 5 rings (SSSR count). The highest BCUT2D eigenvalue weighted by Crippen LogP contribution is 2.40. The van der Waals surface area contributed by atoms with Crippen molar-refractivity contribution >= 4 is 40.2 Å². The zero-order chi connectivity index (χ0) is 32.0. The summed E-state index contributed by atoms with van der Waals surface area (Å²) >= 11 is 1.21. The molecule has 10 nitrogen and oxygen atoms in total. The summed E-state index contributed by atoms with van der Waals surface area (Å²) in [6.45, 7) is 10.8. The van der Waals surface area contributed by atoms with Gasteiger partial charge < -0.3 is 19.9 Å². The van der Waals surface area contributed by atoms with Gasteiger partial charge in [-0.15, -0.1) is 11.3 Å². The third-order valence-electron chi connectivity index (χ3n) is 7.13. The van der Waals surface area contributed by atoms with Crippen molar-refractivity contribution in [2.45, 2.75) is 78.4 Å². The van der Waals surface area contributed by atoms with Gasteiger partial charge in [-0.1, -0.05) is 36.4 Å². The molecule has 2 aliphatic rings. The smallest absolute Gasteiger partial charge is 0.410 e. The summed E-state index contributed by atoms with van der Waals surface area (Å²) in [6.07, 6.45) is -0.427. The second-order valence-corrected chi connectivity index (χ2v) is 14.0. The Balaban J connectivity index is 1.45. The monoisotopic (exact) mass is 619 g/mol. The van der Waals surface area contributed by atoms with Crippen molar-refractivity contribution in [1.82, 2.24) is 9.80 Å². The molecule has 11 heteroatoms. The minimum absolute atomic E-state index is 0.0984. The highest BCUT2D eigenvalue weighted by Gasteiger charge is 2.44. The van der Waals surface area contributed by atoms with E-state index in [9.17, 15) is 19.2 Å². The van der Waals surface area contributed by atoms with Crippen molar-refractivity contribution in [3.63, 3.8) is 0 Å². The maximum atomic E-state index is 13.8. The topological polar surface area (TPSA) is 128 Å². The molecule has 0 aliphatic carbocycles. The molecule has 1 unspecified atom stereocenters. The number of ether oxygens (including phenoxy) is 3. The molecule has 2 aromatic carbocycles. The van der Waals surface area contributed by atoms with Crippen molar-refractivity contribution in [1.29, 1.82) is 0 Å². The number of benzene rings is 2. The van der Waals surface area contributed by atoms with Gasteiger partial charge in [-0.3, -0.25) is 19.4 Å². The van der Waals surface area contributed by atoms with Crippen molar-refractivity contribution in [2.75, 3.05) is 12.3 Å². The number of carbonyl (C=O) groups excluding carboxylic acids is 4. The summed E-state index contributed by atoms with van der Waals surface area (Å²) in [5.41, 5.74) is 7.03. The van der Waals surface area contributed by atoms with Crippen LogP contribution in [0.2, 0.25) is 0 Å². The first-order valence-electron chi connectivity index (χ1n) is 14.4. The Morgan fingerprint density at radius 3 is 2.27 bits per heavy atom. The first kappa shape index (κ1) is 31.1. The van der Waals surface area contributed by atoms with Crippen LogP contribution >= 0.6 is 11.3 Å². The summed E-state index contributed by atoms with van der Waals surface area (Å²) in [6, 6.07) is 13.8. The molecule has 2 N–H and O–H groups in total. The molecule has 2 aliphatic heterocycles. The number of nitrogens with zero attached hydrogens (tertiary/aromatic N) is 2. The minimum atomic E-state index is -0.779. The third kappa shape index (κ3) is 6.42. The fraction of sp³-hybridized carbons (Fsp3) is 0.394. The lowest BCUT2D eigenvalue weighted by Gasteiger charge is -2.38. The van der Waals surface area contributed by atoms with Crippen molar-refractivity contribution < 1.29 is 33.4 Å². The van der Waals surface area contributed by atoms with E-state index in [-0.39, 0.29) is 47.8 Å². The summed E-state index contributed by atoms with van der Waals surface area (Å²) in [5.74, 6) is -1.25. The average molecular weight is 620 g/mol. The fourth-order valence-electron chi connectivity index (χ4n) is 5.29. The normalized spacial score (nSPS) is 16.5. The number of esters is 1. The van der Waals surface area contributed by atoms with E-state index in [4.69, 9.17) is 19.9 Å². The van der Waals surface area contributed by atoms with Crippen LogP contribution in [-0.4, -0.2) is 57.5 Å². The van der Waals surface area contributed by atoms with Gasteiger partial charge in [0.2, 0.25) is 0 Å². The van der Waals surface area contributed by atoms with Crippen LogP contribution in [0, 0.1) is 0 Å². The number of hydrogen-bond acceptors (Lipinski definition) is 9. The molecule has 0 fully saturated rings. The number of carbonyl (C=O) groups is 4. The molecule has 1 atom stereocenters. The maximum Gasteiger partial charge on any atom is 0.410 e. The van der Waals surface area contributed by atoms with Crippen LogP contribution in [0.4, 0.5) is 9.80 Å². The molecule has 0 saturated heterocycles. The number of thiophene rings is 1. The van der Waals surface area contributed by atoms with Gasteiger partial charge in [-0.25, -0.2) is 9.59 Å².